The Balaban J connectivity index is 3.17. The summed E-state index contributed by atoms with van der Waals surface area (Å²) in [4.78, 5) is 15.1. The summed E-state index contributed by atoms with van der Waals surface area (Å²) in [5.41, 5.74) is 1.02. The van der Waals surface area contributed by atoms with E-state index in [1.807, 2.05) is 0 Å². The highest BCUT2D eigenvalue weighted by atomic mass is 16.5. The first-order valence-electron chi connectivity index (χ1n) is 3.97. The molecule has 4 nitrogen and oxygen atoms in total. The van der Waals surface area contributed by atoms with Crippen LogP contribution in [0.4, 0.5) is 0 Å². The van der Waals surface area contributed by atoms with Gasteiger partial charge in [0.15, 0.2) is 0 Å². The molecule has 0 bridgehead atoms. The van der Waals surface area contributed by atoms with E-state index in [1.54, 1.807) is 12.1 Å². The van der Waals surface area contributed by atoms with Gasteiger partial charge in [-0.25, -0.2) is 9.78 Å². The van der Waals surface area contributed by atoms with Gasteiger partial charge >= 0.3 is 5.97 Å². The summed E-state index contributed by atoms with van der Waals surface area (Å²) in [7, 11) is 2.83. The molecule has 0 fully saturated rings. The molecule has 1 rings (SSSR count). The first-order valence-corrected chi connectivity index (χ1v) is 3.97. The van der Waals surface area contributed by atoms with Gasteiger partial charge in [0.2, 0.25) is 5.88 Å². The maximum Gasteiger partial charge on any atom is 0.340 e. The minimum Gasteiger partial charge on any atom is -0.481 e. The van der Waals surface area contributed by atoms with Gasteiger partial charge in [0.25, 0.3) is 0 Å². The third-order valence-electron chi connectivity index (χ3n) is 1.75. The molecule has 1 aromatic rings. The number of ether oxygens (including phenoxy) is 2. The lowest BCUT2D eigenvalue weighted by molar-refractivity contribution is 0.0600. The first-order chi connectivity index (χ1) is 6.72. The number of nitrogens with zero attached hydrogens (tertiary/aromatic N) is 1. The maximum absolute atomic E-state index is 11.2. The van der Waals surface area contributed by atoms with Gasteiger partial charge in [-0.05, 0) is 5.56 Å². The number of esters is 1. The highest BCUT2D eigenvalue weighted by Crippen LogP contribution is 2.16. The van der Waals surface area contributed by atoms with Crippen LogP contribution in [0.2, 0.25) is 0 Å². The lowest BCUT2D eigenvalue weighted by atomic mass is 10.1. The SMILES string of the molecule is C=Cc1cc(OC)ncc1C(=O)OC. The van der Waals surface area contributed by atoms with Crippen molar-refractivity contribution < 1.29 is 14.3 Å². The summed E-state index contributed by atoms with van der Waals surface area (Å²) in [6, 6.07) is 1.62. The minimum absolute atomic E-state index is 0.378. The Morgan fingerprint density at radius 1 is 1.57 bits per heavy atom. The van der Waals surface area contributed by atoms with E-state index < -0.39 is 5.97 Å². The van der Waals surface area contributed by atoms with Crippen LogP contribution in [0.15, 0.2) is 18.8 Å². The van der Waals surface area contributed by atoms with Crippen LogP contribution in [0.25, 0.3) is 6.08 Å². The van der Waals surface area contributed by atoms with Crippen molar-refractivity contribution in [2.24, 2.45) is 0 Å². The number of carbonyl (C=O) groups excluding carboxylic acids is 1. The summed E-state index contributed by atoms with van der Waals surface area (Å²) in [6.07, 6.45) is 2.96. The van der Waals surface area contributed by atoms with Crippen molar-refractivity contribution in [3.05, 3.63) is 30.0 Å². The van der Waals surface area contributed by atoms with Gasteiger partial charge in [-0.1, -0.05) is 12.7 Å². The number of hydrogen-bond donors (Lipinski definition) is 0. The van der Waals surface area contributed by atoms with Crippen molar-refractivity contribution in [3.8, 4) is 5.88 Å². The second-order valence-electron chi connectivity index (χ2n) is 2.51. The number of pyridine rings is 1. The molecule has 0 aliphatic rings. The van der Waals surface area contributed by atoms with E-state index in [2.05, 4.69) is 16.3 Å². The molecule has 0 amide bonds. The Labute approximate surface area is 82.2 Å². The Morgan fingerprint density at radius 2 is 2.29 bits per heavy atom. The Bertz CT molecular complexity index is 360. The van der Waals surface area contributed by atoms with Crippen molar-refractivity contribution in [3.63, 3.8) is 0 Å². The third kappa shape index (κ3) is 1.90. The van der Waals surface area contributed by atoms with E-state index >= 15 is 0 Å². The quantitative estimate of drug-likeness (QED) is 0.683. The first kappa shape index (κ1) is 10.2. The van der Waals surface area contributed by atoms with Gasteiger partial charge in [0, 0.05) is 12.3 Å². The molecule has 0 aliphatic heterocycles. The topological polar surface area (TPSA) is 48.4 Å². The van der Waals surface area contributed by atoms with E-state index in [-0.39, 0.29) is 0 Å². The summed E-state index contributed by atoms with van der Waals surface area (Å²) in [5, 5.41) is 0. The van der Waals surface area contributed by atoms with E-state index in [0.717, 1.165) is 0 Å². The number of hydrogen-bond acceptors (Lipinski definition) is 4. The largest absolute Gasteiger partial charge is 0.481 e. The molecule has 14 heavy (non-hydrogen) atoms. The van der Waals surface area contributed by atoms with Crippen molar-refractivity contribution in [1.82, 2.24) is 4.98 Å². The third-order valence-corrected chi connectivity index (χ3v) is 1.75. The van der Waals surface area contributed by atoms with Crippen molar-refractivity contribution in [1.29, 1.82) is 0 Å². The highest BCUT2D eigenvalue weighted by molar-refractivity contribution is 5.93. The van der Waals surface area contributed by atoms with E-state index in [0.29, 0.717) is 17.0 Å². The summed E-state index contributed by atoms with van der Waals surface area (Å²) < 4.78 is 9.50. The number of aromatic nitrogens is 1. The van der Waals surface area contributed by atoms with Gasteiger partial charge in [-0.15, -0.1) is 0 Å². The molecule has 0 aliphatic carbocycles. The van der Waals surface area contributed by atoms with Gasteiger partial charge in [0.05, 0.1) is 19.8 Å². The van der Waals surface area contributed by atoms with Crippen LogP contribution in [-0.4, -0.2) is 25.2 Å². The molecule has 0 saturated heterocycles. The Kier molecular flexibility index (Phi) is 3.23. The van der Waals surface area contributed by atoms with E-state index in [4.69, 9.17) is 4.74 Å². The highest BCUT2D eigenvalue weighted by Gasteiger charge is 2.11. The molecule has 0 radical (unpaired) electrons. The van der Waals surface area contributed by atoms with E-state index in [9.17, 15) is 4.79 Å². The van der Waals surface area contributed by atoms with Gasteiger partial charge in [-0.2, -0.15) is 0 Å². The lowest BCUT2D eigenvalue weighted by Crippen LogP contribution is -2.04. The maximum atomic E-state index is 11.2. The lowest BCUT2D eigenvalue weighted by Gasteiger charge is -2.05. The van der Waals surface area contributed by atoms with Crippen molar-refractivity contribution >= 4 is 12.0 Å². The van der Waals surface area contributed by atoms with Gasteiger partial charge in [0.1, 0.15) is 0 Å². The predicted octanol–water partition coefficient (Wildman–Crippen LogP) is 1.52. The van der Waals surface area contributed by atoms with Crippen molar-refractivity contribution in [2.75, 3.05) is 14.2 Å². The van der Waals surface area contributed by atoms with Crippen LogP contribution < -0.4 is 4.74 Å². The molecule has 1 heterocycles. The van der Waals surface area contributed by atoms with Crippen molar-refractivity contribution in [2.45, 2.75) is 0 Å². The zero-order chi connectivity index (χ0) is 10.6. The molecular formula is C10H11NO3. The second-order valence-corrected chi connectivity index (χ2v) is 2.51. The zero-order valence-electron chi connectivity index (χ0n) is 8.11. The van der Waals surface area contributed by atoms with Crippen LogP contribution in [0.3, 0.4) is 0 Å². The fraction of sp³-hybridized carbons (Fsp3) is 0.200. The fourth-order valence-electron chi connectivity index (χ4n) is 1.01. The van der Waals surface area contributed by atoms with Crippen LogP contribution in [0.5, 0.6) is 5.88 Å². The minimum atomic E-state index is -0.435. The zero-order valence-corrected chi connectivity index (χ0v) is 8.11. The molecule has 0 N–H and O–H groups in total. The van der Waals surface area contributed by atoms with E-state index in [1.165, 1.54) is 20.4 Å². The number of methoxy groups -OCH3 is 2. The smallest absolute Gasteiger partial charge is 0.340 e. The standard InChI is InChI=1S/C10H11NO3/c1-4-7-5-9(13-2)11-6-8(7)10(12)14-3/h4-6H,1H2,2-3H3. The van der Waals surface area contributed by atoms with Crippen LogP contribution in [0, 0.1) is 0 Å². The molecule has 0 saturated carbocycles. The monoisotopic (exact) mass is 193 g/mol. The molecule has 0 atom stereocenters. The normalized spacial score (nSPS) is 9.29. The van der Waals surface area contributed by atoms with Crippen LogP contribution >= 0.6 is 0 Å². The van der Waals surface area contributed by atoms with Crippen LogP contribution in [0.1, 0.15) is 15.9 Å². The molecule has 0 spiro atoms. The average Bonchev–Trinajstić information content (AvgIpc) is 2.27. The summed E-state index contributed by atoms with van der Waals surface area (Å²) >= 11 is 0. The summed E-state index contributed by atoms with van der Waals surface area (Å²) in [6.45, 7) is 3.59. The molecule has 0 aromatic carbocycles. The summed E-state index contributed by atoms with van der Waals surface area (Å²) in [5.74, 6) is 0.00241. The number of rotatable bonds is 3. The van der Waals surface area contributed by atoms with Gasteiger partial charge < -0.3 is 9.47 Å². The number of carbonyl (C=O) groups is 1. The predicted molar refractivity (Wildman–Crippen MR) is 52.2 cm³/mol. The molecule has 4 heteroatoms. The Morgan fingerprint density at radius 3 is 2.79 bits per heavy atom. The van der Waals surface area contributed by atoms with Crippen LogP contribution in [-0.2, 0) is 4.74 Å². The average molecular weight is 193 g/mol. The molecule has 74 valence electrons. The fourth-order valence-corrected chi connectivity index (χ4v) is 1.01. The Hall–Kier alpha value is -1.84. The second kappa shape index (κ2) is 4.41. The molecule has 1 aromatic heterocycles. The molecular weight excluding hydrogens is 182 g/mol. The molecule has 0 unspecified atom stereocenters. The van der Waals surface area contributed by atoms with Gasteiger partial charge in [-0.3, -0.25) is 0 Å².